The molecule has 0 radical (unpaired) electrons. The maximum atomic E-state index is 12.5. The molecule has 1 aromatic heterocycles. The molecule has 0 unspecified atom stereocenters. The van der Waals surface area contributed by atoms with Gasteiger partial charge < -0.3 is 19.9 Å². The lowest BCUT2D eigenvalue weighted by molar-refractivity contribution is 0.0828. The topological polar surface area (TPSA) is 57.7 Å². The molecule has 0 saturated heterocycles. The van der Waals surface area contributed by atoms with E-state index in [9.17, 15) is 4.79 Å². The van der Waals surface area contributed by atoms with E-state index in [0.29, 0.717) is 5.56 Å². The Balaban J connectivity index is 2.43. The van der Waals surface area contributed by atoms with Gasteiger partial charge in [-0.2, -0.15) is 0 Å². The highest BCUT2D eigenvalue weighted by Gasteiger charge is 2.17. The highest BCUT2D eigenvalue weighted by Crippen LogP contribution is 2.29. The Bertz CT molecular complexity index is 713. The number of hydrogen-bond donors (Lipinski definition) is 1. The molecule has 130 valence electrons. The van der Waals surface area contributed by atoms with Crippen LogP contribution in [0.4, 0.5) is 5.69 Å². The molecule has 0 atom stereocenters. The van der Waals surface area contributed by atoms with Crippen molar-refractivity contribution in [2.75, 3.05) is 53.7 Å². The van der Waals surface area contributed by atoms with Crippen LogP contribution in [0.5, 0.6) is 5.75 Å². The lowest BCUT2D eigenvalue weighted by Crippen LogP contribution is -2.24. The Morgan fingerprint density at radius 1 is 1.25 bits per heavy atom. The van der Waals surface area contributed by atoms with Crippen LogP contribution in [0.15, 0.2) is 24.4 Å². The molecule has 0 aliphatic heterocycles. The molecular weight excluding hydrogens is 304 g/mol. The molecule has 24 heavy (non-hydrogen) atoms. The van der Waals surface area contributed by atoms with Crippen LogP contribution in [-0.2, 0) is 0 Å². The quantitative estimate of drug-likeness (QED) is 0.790. The smallest absolute Gasteiger partial charge is 0.257 e. The summed E-state index contributed by atoms with van der Waals surface area (Å²) in [5.41, 5.74) is 2.23. The minimum absolute atomic E-state index is 0.0673. The average molecular weight is 330 g/mol. The fourth-order valence-corrected chi connectivity index (χ4v) is 2.50. The third kappa shape index (κ3) is 4.14. The summed E-state index contributed by atoms with van der Waals surface area (Å²) in [5, 5.41) is 4.32. The normalized spacial score (nSPS) is 10.9. The summed E-state index contributed by atoms with van der Waals surface area (Å²) in [6.07, 6.45) is 2.63. The zero-order chi connectivity index (χ0) is 17.7. The van der Waals surface area contributed by atoms with Crippen LogP contribution in [0.1, 0.15) is 16.8 Å². The number of anilines is 1. The second-order valence-corrected chi connectivity index (χ2v) is 6.21. The van der Waals surface area contributed by atoms with Crippen LogP contribution in [0.25, 0.3) is 10.9 Å². The Hall–Kier alpha value is -2.34. The van der Waals surface area contributed by atoms with Gasteiger partial charge in [-0.15, -0.1) is 0 Å². The van der Waals surface area contributed by atoms with Gasteiger partial charge in [-0.05, 0) is 45.3 Å². The summed E-state index contributed by atoms with van der Waals surface area (Å²) < 4.78 is 5.32. The number of ether oxygens (including phenoxy) is 1. The Morgan fingerprint density at radius 3 is 2.62 bits per heavy atom. The van der Waals surface area contributed by atoms with E-state index < -0.39 is 0 Å². The molecule has 1 N–H and O–H groups in total. The number of fused-ring (bicyclic) bond motifs is 1. The molecule has 1 aromatic carbocycles. The molecule has 0 spiro atoms. The van der Waals surface area contributed by atoms with Gasteiger partial charge in [0.15, 0.2) is 0 Å². The SMILES string of the molecule is COc1ccc2ncc(C(=O)N(C)C)c(NCCCN(C)C)c2c1. The third-order valence-corrected chi connectivity index (χ3v) is 3.80. The van der Waals surface area contributed by atoms with Gasteiger partial charge in [-0.25, -0.2) is 0 Å². The van der Waals surface area contributed by atoms with Crippen molar-refractivity contribution in [3.63, 3.8) is 0 Å². The van der Waals surface area contributed by atoms with Crippen molar-refractivity contribution in [2.24, 2.45) is 0 Å². The fraction of sp³-hybridized carbons (Fsp3) is 0.444. The molecule has 0 fully saturated rings. The average Bonchev–Trinajstić information content (AvgIpc) is 2.57. The zero-order valence-electron chi connectivity index (χ0n) is 15.1. The van der Waals surface area contributed by atoms with E-state index in [-0.39, 0.29) is 5.91 Å². The summed E-state index contributed by atoms with van der Waals surface area (Å²) in [6.45, 7) is 1.76. The number of nitrogens with one attached hydrogen (secondary N) is 1. The Labute approximate surface area is 143 Å². The number of aromatic nitrogens is 1. The first kappa shape index (κ1) is 18.0. The minimum Gasteiger partial charge on any atom is -0.497 e. The number of rotatable bonds is 7. The predicted octanol–water partition coefficient (Wildman–Crippen LogP) is 2.31. The number of pyridine rings is 1. The van der Waals surface area contributed by atoms with Gasteiger partial charge in [0.2, 0.25) is 0 Å². The van der Waals surface area contributed by atoms with E-state index in [1.165, 1.54) is 0 Å². The van der Waals surface area contributed by atoms with Crippen LogP contribution >= 0.6 is 0 Å². The van der Waals surface area contributed by atoms with Gasteiger partial charge in [0.25, 0.3) is 5.91 Å². The predicted molar refractivity (Wildman–Crippen MR) is 98.0 cm³/mol. The summed E-state index contributed by atoms with van der Waals surface area (Å²) >= 11 is 0. The molecule has 0 aliphatic carbocycles. The molecule has 0 saturated carbocycles. The van der Waals surface area contributed by atoms with Gasteiger partial charge in [0, 0.05) is 32.2 Å². The molecular formula is C18H26N4O2. The number of amides is 1. The van der Waals surface area contributed by atoms with Gasteiger partial charge in [0.1, 0.15) is 5.75 Å². The van der Waals surface area contributed by atoms with E-state index >= 15 is 0 Å². The summed E-state index contributed by atoms with van der Waals surface area (Å²) in [5.74, 6) is 0.678. The highest BCUT2D eigenvalue weighted by molar-refractivity contribution is 6.07. The van der Waals surface area contributed by atoms with E-state index in [2.05, 4.69) is 15.2 Å². The van der Waals surface area contributed by atoms with Crippen LogP contribution in [0, 0.1) is 0 Å². The maximum absolute atomic E-state index is 12.5. The zero-order valence-corrected chi connectivity index (χ0v) is 15.1. The van der Waals surface area contributed by atoms with E-state index in [1.807, 2.05) is 32.3 Å². The van der Waals surface area contributed by atoms with Crippen LogP contribution in [0.3, 0.4) is 0 Å². The van der Waals surface area contributed by atoms with Crippen molar-refractivity contribution < 1.29 is 9.53 Å². The third-order valence-electron chi connectivity index (χ3n) is 3.80. The second-order valence-electron chi connectivity index (χ2n) is 6.21. The van der Waals surface area contributed by atoms with E-state index in [1.54, 1.807) is 32.3 Å². The van der Waals surface area contributed by atoms with E-state index in [4.69, 9.17) is 4.74 Å². The van der Waals surface area contributed by atoms with Crippen molar-refractivity contribution in [1.82, 2.24) is 14.8 Å². The van der Waals surface area contributed by atoms with Crippen molar-refractivity contribution >= 4 is 22.5 Å². The number of hydrogen-bond acceptors (Lipinski definition) is 5. The monoisotopic (exact) mass is 330 g/mol. The minimum atomic E-state index is -0.0673. The van der Waals surface area contributed by atoms with Gasteiger partial charge in [-0.3, -0.25) is 9.78 Å². The molecule has 2 rings (SSSR count). The fourth-order valence-electron chi connectivity index (χ4n) is 2.50. The summed E-state index contributed by atoms with van der Waals surface area (Å²) in [4.78, 5) is 20.6. The van der Waals surface area contributed by atoms with Gasteiger partial charge in [0.05, 0.1) is 23.9 Å². The molecule has 1 amide bonds. The molecule has 1 heterocycles. The standard InChI is InChI=1S/C18H26N4O2/c1-21(2)10-6-9-19-17-14-11-13(24-5)7-8-16(14)20-12-15(17)18(23)22(3)4/h7-8,11-12H,6,9-10H2,1-5H3,(H,19,20). The summed E-state index contributed by atoms with van der Waals surface area (Å²) in [6, 6.07) is 5.70. The van der Waals surface area contributed by atoms with Crippen LogP contribution in [0.2, 0.25) is 0 Å². The largest absolute Gasteiger partial charge is 0.497 e. The van der Waals surface area contributed by atoms with E-state index in [0.717, 1.165) is 41.9 Å². The molecule has 2 aromatic rings. The first-order valence-corrected chi connectivity index (χ1v) is 8.01. The van der Waals surface area contributed by atoms with Gasteiger partial charge >= 0.3 is 0 Å². The summed E-state index contributed by atoms with van der Waals surface area (Å²) in [7, 11) is 9.22. The second kappa shape index (κ2) is 7.97. The molecule has 6 heteroatoms. The number of benzene rings is 1. The first-order valence-electron chi connectivity index (χ1n) is 8.01. The van der Waals surface area contributed by atoms with Crippen molar-refractivity contribution in [3.05, 3.63) is 30.0 Å². The lowest BCUT2D eigenvalue weighted by Gasteiger charge is -2.18. The number of methoxy groups -OCH3 is 1. The maximum Gasteiger partial charge on any atom is 0.257 e. The van der Waals surface area contributed by atoms with Gasteiger partial charge in [-0.1, -0.05) is 0 Å². The van der Waals surface area contributed by atoms with Crippen molar-refractivity contribution in [2.45, 2.75) is 6.42 Å². The molecule has 0 aliphatic rings. The Morgan fingerprint density at radius 2 is 2.00 bits per heavy atom. The lowest BCUT2D eigenvalue weighted by atomic mass is 10.1. The highest BCUT2D eigenvalue weighted by atomic mass is 16.5. The number of carbonyl (C=O) groups is 1. The number of carbonyl (C=O) groups excluding carboxylic acids is 1. The molecule has 0 bridgehead atoms. The van der Waals surface area contributed by atoms with Crippen molar-refractivity contribution in [3.8, 4) is 5.75 Å². The van der Waals surface area contributed by atoms with Crippen molar-refractivity contribution in [1.29, 1.82) is 0 Å². The van der Waals surface area contributed by atoms with Crippen LogP contribution in [-0.4, -0.2) is 69.1 Å². The number of nitrogens with zero attached hydrogens (tertiary/aromatic N) is 3. The Kier molecular flexibility index (Phi) is 5.98. The van der Waals surface area contributed by atoms with Crippen LogP contribution < -0.4 is 10.1 Å². The first-order chi connectivity index (χ1) is 11.4. The molecule has 6 nitrogen and oxygen atoms in total.